The van der Waals surface area contributed by atoms with E-state index in [1.54, 1.807) is 21.3 Å². The van der Waals surface area contributed by atoms with Gasteiger partial charge in [0.1, 0.15) is 0 Å². The molecule has 0 bridgehead atoms. The van der Waals surface area contributed by atoms with Crippen LogP contribution in [0, 0.1) is 5.92 Å². The van der Waals surface area contributed by atoms with Gasteiger partial charge in [-0.3, -0.25) is 0 Å². The zero-order valence-corrected chi connectivity index (χ0v) is 13.3. The summed E-state index contributed by atoms with van der Waals surface area (Å²) in [6.07, 6.45) is 6.43. The first-order valence-corrected chi connectivity index (χ1v) is 9.94. The Morgan fingerprint density at radius 1 is 1.25 bits per heavy atom. The van der Waals surface area contributed by atoms with Crippen molar-refractivity contribution in [3.8, 4) is 0 Å². The monoisotopic (exact) mass is 304 g/mol. The van der Waals surface area contributed by atoms with E-state index in [9.17, 15) is 0 Å². The number of hydrogen-bond acceptors (Lipinski definition) is 3. The second kappa shape index (κ2) is 6.25. The SMILES string of the molecule is CCC(C)C1=[C]([Zr]([O]C)([O]C)[O]C)CC=C1. The molecule has 16 heavy (non-hydrogen) atoms. The van der Waals surface area contributed by atoms with Crippen LogP contribution in [0.2, 0.25) is 0 Å². The molecule has 1 aliphatic carbocycles. The van der Waals surface area contributed by atoms with Gasteiger partial charge in [0.05, 0.1) is 0 Å². The van der Waals surface area contributed by atoms with Crippen molar-refractivity contribution in [1.82, 2.24) is 0 Å². The molecule has 0 saturated carbocycles. The van der Waals surface area contributed by atoms with E-state index in [1.165, 1.54) is 8.85 Å². The maximum absolute atomic E-state index is 5.61. The number of hydrogen-bond donors (Lipinski definition) is 0. The van der Waals surface area contributed by atoms with Crippen LogP contribution in [-0.4, -0.2) is 21.3 Å². The summed E-state index contributed by atoms with van der Waals surface area (Å²) in [5.41, 5.74) is 1.36. The van der Waals surface area contributed by atoms with E-state index in [0.29, 0.717) is 5.92 Å². The Balaban J connectivity index is 3.09. The zero-order chi connectivity index (χ0) is 12.2. The van der Waals surface area contributed by atoms with E-state index >= 15 is 0 Å². The van der Waals surface area contributed by atoms with Crippen molar-refractivity contribution in [3.63, 3.8) is 0 Å². The fraction of sp³-hybridized carbons (Fsp3) is 0.667. The van der Waals surface area contributed by atoms with Gasteiger partial charge in [-0.25, -0.2) is 0 Å². The molecule has 0 spiro atoms. The van der Waals surface area contributed by atoms with E-state index in [2.05, 4.69) is 26.0 Å². The van der Waals surface area contributed by atoms with Gasteiger partial charge in [-0.2, -0.15) is 0 Å². The molecule has 3 nitrogen and oxygen atoms in total. The molecular formula is C12H22O3Zr. The topological polar surface area (TPSA) is 27.7 Å². The fourth-order valence-electron chi connectivity index (χ4n) is 2.13. The van der Waals surface area contributed by atoms with Crippen LogP contribution >= 0.6 is 0 Å². The quantitative estimate of drug-likeness (QED) is 0.755. The molecule has 0 fully saturated rings. The van der Waals surface area contributed by atoms with Crippen LogP contribution < -0.4 is 0 Å². The molecule has 0 aliphatic heterocycles. The Hall–Kier alpha value is 0.243. The van der Waals surface area contributed by atoms with E-state index in [0.717, 1.165) is 12.8 Å². The molecule has 1 rings (SSSR count). The van der Waals surface area contributed by atoms with Gasteiger partial charge >= 0.3 is 105 Å². The van der Waals surface area contributed by atoms with E-state index in [-0.39, 0.29) is 0 Å². The summed E-state index contributed by atoms with van der Waals surface area (Å²) < 4.78 is 18.1. The first kappa shape index (κ1) is 14.3. The molecule has 1 aliphatic rings. The summed E-state index contributed by atoms with van der Waals surface area (Å²) in [5, 5.41) is 0. The van der Waals surface area contributed by atoms with E-state index in [4.69, 9.17) is 8.44 Å². The predicted octanol–water partition coefficient (Wildman–Crippen LogP) is 3.08. The average molecular weight is 306 g/mol. The van der Waals surface area contributed by atoms with Gasteiger partial charge in [-0.05, 0) is 0 Å². The molecule has 0 saturated heterocycles. The van der Waals surface area contributed by atoms with Gasteiger partial charge in [0.2, 0.25) is 0 Å². The summed E-state index contributed by atoms with van der Waals surface area (Å²) in [5.74, 6) is 0.547. The van der Waals surface area contributed by atoms with Crippen LogP contribution in [0.5, 0.6) is 0 Å². The predicted molar refractivity (Wildman–Crippen MR) is 61.3 cm³/mol. The average Bonchev–Trinajstić information content (AvgIpc) is 2.81. The summed E-state index contributed by atoms with van der Waals surface area (Å²) in [6, 6.07) is 0. The summed E-state index contributed by atoms with van der Waals surface area (Å²) in [6.45, 7) is 4.44. The summed E-state index contributed by atoms with van der Waals surface area (Å²) >= 11 is -3.42. The van der Waals surface area contributed by atoms with Crippen LogP contribution in [0.1, 0.15) is 26.7 Å². The van der Waals surface area contributed by atoms with Crippen molar-refractivity contribution in [3.05, 3.63) is 21.0 Å². The molecule has 0 N–H and O–H groups in total. The normalized spacial score (nSPS) is 18.3. The van der Waals surface area contributed by atoms with Crippen molar-refractivity contribution < 1.29 is 30.0 Å². The maximum atomic E-state index is 5.61. The Labute approximate surface area is 105 Å². The molecule has 0 aromatic heterocycles. The Morgan fingerprint density at radius 2 is 1.81 bits per heavy atom. The van der Waals surface area contributed by atoms with Crippen LogP contribution in [0.4, 0.5) is 0 Å². The van der Waals surface area contributed by atoms with Gasteiger partial charge in [0, 0.05) is 0 Å². The third-order valence-electron chi connectivity index (χ3n) is 3.29. The molecule has 0 aromatic carbocycles. The molecule has 92 valence electrons. The zero-order valence-electron chi connectivity index (χ0n) is 10.9. The Bertz CT molecular complexity index is 284. The van der Waals surface area contributed by atoms with Gasteiger partial charge in [-0.15, -0.1) is 0 Å². The minimum atomic E-state index is -3.42. The molecule has 1 atom stereocenters. The van der Waals surface area contributed by atoms with Crippen molar-refractivity contribution in [1.29, 1.82) is 0 Å². The van der Waals surface area contributed by atoms with Gasteiger partial charge in [0.15, 0.2) is 0 Å². The molecule has 0 radical (unpaired) electrons. The summed E-state index contributed by atoms with van der Waals surface area (Å²) in [7, 11) is 5.09. The Kier molecular flexibility index (Phi) is 5.59. The van der Waals surface area contributed by atoms with Crippen LogP contribution in [0.3, 0.4) is 0 Å². The molecule has 1 unspecified atom stereocenters. The molecule has 0 aromatic rings. The summed E-state index contributed by atoms with van der Waals surface area (Å²) in [4.78, 5) is 0. The van der Waals surface area contributed by atoms with Gasteiger partial charge < -0.3 is 0 Å². The number of allylic oxidation sites excluding steroid dienone is 4. The van der Waals surface area contributed by atoms with Crippen LogP contribution in [-0.2, 0) is 30.0 Å². The second-order valence-corrected chi connectivity index (χ2v) is 11.2. The third-order valence-corrected chi connectivity index (χ3v) is 10.3. The Morgan fingerprint density at radius 3 is 2.25 bits per heavy atom. The minimum absolute atomic E-state index is 0.547. The van der Waals surface area contributed by atoms with E-state index < -0.39 is 21.6 Å². The molecule has 0 amide bonds. The molecule has 4 heteroatoms. The first-order chi connectivity index (χ1) is 7.65. The third kappa shape index (κ3) is 2.56. The van der Waals surface area contributed by atoms with Crippen molar-refractivity contribution in [2.75, 3.05) is 21.3 Å². The fourth-order valence-corrected chi connectivity index (χ4v) is 7.75. The standard InChI is InChI=1S/C9H13.3CH3O.Zr/c1-3-8(2)9-6-4-5-7-9;3*1-2;/h4,6,8H,3,5H2,1-2H3;3*1H3;/q;3*-1;+3. The van der Waals surface area contributed by atoms with Gasteiger partial charge in [-0.1, -0.05) is 0 Å². The van der Waals surface area contributed by atoms with Crippen molar-refractivity contribution in [2.45, 2.75) is 26.7 Å². The molecule has 0 heterocycles. The van der Waals surface area contributed by atoms with Gasteiger partial charge in [0.25, 0.3) is 0 Å². The number of rotatable bonds is 6. The van der Waals surface area contributed by atoms with Crippen molar-refractivity contribution in [2.24, 2.45) is 5.92 Å². The first-order valence-electron chi connectivity index (χ1n) is 5.70. The van der Waals surface area contributed by atoms with Crippen LogP contribution in [0.15, 0.2) is 21.0 Å². The van der Waals surface area contributed by atoms with Crippen LogP contribution in [0.25, 0.3) is 0 Å². The second-order valence-electron chi connectivity index (χ2n) is 4.02. The van der Waals surface area contributed by atoms with E-state index in [1.807, 2.05) is 0 Å². The molecular weight excluding hydrogens is 283 g/mol. The van der Waals surface area contributed by atoms with Crippen molar-refractivity contribution >= 4 is 0 Å².